The van der Waals surface area contributed by atoms with E-state index < -0.39 is 17.9 Å². The number of carbonyl (C=O) groups is 3. The third-order valence-corrected chi connectivity index (χ3v) is 4.38. The first kappa shape index (κ1) is 14.4. The Hall–Kier alpha value is -3.15. The van der Waals surface area contributed by atoms with Gasteiger partial charge in [0.25, 0.3) is 17.7 Å². The summed E-state index contributed by atoms with van der Waals surface area (Å²) in [7, 11) is 1.61. The first-order valence-electron chi connectivity index (χ1n) is 7.56. The van der Waals surface area contributed by atoms with Gasteiger partial charge in [-0.3, -0.25) is 19.3 Å². The van der Waals surface area contributed by atoms with Gasteiger partial charge in [0.05, 0.1) is 16.8 Å². The Morgan fingerprint density at radius 2 is 1.50 bits per heavy atom. The minimum atomic E-state index is -0.991. The normalized spacial score (nSPS) is 19.7. The van der Waals surface area contributed by atoms with Crippen molar-refractivity contribution in [1.29, 1.82) is 0 Å². The summed E-state index contributed by atoms with van der Waals surface area (Å²) in [6.45, 7) is -0.0638. The molecule has 0 unspecified atom stereocenters. The number of para-hydroxylation sites is 2. The molecule has 0 saturated heterocycles. The van der Waals surface area contributed by atoms with Crippen LogP contribution >= 0.6 is 0 Å². The fraction of sp³-hybridized carbons (Fsp3) is 0.167. The van der Waals surface area contributed by atoms with E-state index in [4.69, 9.17) is 4.74 Å². The van der Waals surface area contributed by atoms with Crippen molar-refractivity contribution in [3.63, 3.8) is 0 Å². The van der Waals surface area contributed by atoms with E-state index in [0.29, 0.717) is 22.6 Å². The zero-order chi connectivity index (χ0) is 16.8. The van der Waals surface area contributed by atoms with E-state index >= 15 is 0 Å². The number of benzene rings is 2. The van der Waals surface area contributed by atoms with Crippen molar-refractivity contribution in [2.75, 3.05) is 18.6 Å². The van der Waals surface area contributed by atoms with Crippen LogP contribution in [-0.2, 0) is 4.79 Å². The molecular formula is C18H14N2O4. The highest BCUT2D eigenvalue weighted by atomic mass is 16.5. The first-order chi connectivity index (χ1) is 11.6. The van der Waals surface area contributed by atoms with Gasteiger partial charge in [0.1, 0.15) is 12.4 Å². The van der Waals surface area contributed by atoms with Crippen LogP contribution in [0.3, 0.4) is 0 Å². The second kappa shape index (κ2) is 5.19. The monoisotopic (exact) mass is 322 g/mol. The van der Waals surface area contributed by atoms with Crippen LogP contribution in [0.2, 0.25) is 0 Å². The van der Waals surface area contributed by atoms with Crippen LogP contribution in [0.4, 0.5) is 5.69 Å². The quantitative estimate of drug-likeness (QED) is 0.750. The van der Waals surface area contributed by atoms with E-state index in [9.17, 15) is 14.4 Å². The molecule has 24 heavy (non-hydrogen) atoms. The zero-order valence-corrected chi connectivity index (χ0v) is 12.9. The molecule has 2 aliphatic rings. The number of anilines is 1. The predicted octanol–water partition coefficient (Wildman–Crippen LogP) is 1.71. The number of ether oxygens (including phenoxy) is 1. The Balaban J connectivity index is 1.73. The van der Waals surface area contributed by atoms with E-state index in [1.165, 1.54) is 4.90 Å². The van der Waals surface area contributed by atoms with E-state index in [1.54, 1.807) is 55.6 Å². The number of fused-ring (bicyclic) bond motifs is 2. The third kappa shape index (κ3) is 1.93. The Kier molecular flexibility index (Phi) is 3.13. The number of hydrogen-bond donors (Lipinski definition) is 0. The minimum absolute atomic E-state index is 0.0638. The molecule has 0 fully saturated rings. The van der Waals surface area contributed by atoms with Gasteiger partial charge in [0.15, 0.2) is 6.04 Å². The lowest BCUT2D eigenvalue weighted by Crippen LogP contribution is -2.52. The number of hydrogen-bond acceptors (Lipinski definition) is 4. The number of carbonyl (C=O) groups excluding carboxylic acids is 3. The molecule has 0 saturated carbocycles. The van der Waals surface area contributed by atoms with Crippen LogP contribution in [0.15, 0.2) is 48.5 Å². The summed E-state index contributed by atoms with van der Waals surface area (Å²) in [6, 6.07) is 12.7. The average Bonchev–Trinajstić information content (AvgIpc) is 2.79. The van der Waals surface area contributed by atoms with Crippen molar-refractivity contribution < 1.29 is 19.1 Å². The first-order valence-corrected chi connectivity index (χ1v) is 7.56. The second-order valence-corrected chi connectivity index (χ2v) is 5.72. The van der Waals surface area contributed by atoms with Gasteiger partial charge in [-0.15, -0.1) is 0 Å². The summed E-state index contributed by atoms with van der Waals surface area (Å²) in [5, 5.41) is 0. The summed E-state index contributed by atoms with van der Waals surface area (Å²) in [5.74, 6) is -0.726. The lowest BCUT2D eigenvalue weighted by atomic mass is 10.1. The van der Waals surface area contributed by atoms with E-state index in [-0.39, 0.29) is 12.5 Å². The molecule has 2 aliphatic heterocycles. The minimum Gasteiger partial charge on any atom is -0.489 e. The molecule has 2 aromatic carbocycles. The largest absolute Gasteiger partial charge is 0.489 e. The molecule has 120 valence electrons. The van der Waals surface area contributed by atoms with E-state index in [0.717, 1.165) is 4.90 Å². The highest BCUT2D eigenvalue weighted by Crippen LogP contribution is 2.33. The molecule has 0 spiro atoms. The molecule has 3 amide bonds. The highest BCUT2D eigenvalue weighted by molar-refractivity contribution is 6.23. The van der Waals surface area contributed by atoms with Crippen molar-refractivity contribution in [2.24, 2.45) is 0 Å². The van der Waals surface area contributed by atoms with Gasteiger partial charge in [-0.2, -0.15) is 0 Å². The molecule has 0 aliphatic carbocycles. The SMILES string of the molecule is CN1C(=O)[C@@H](N2C(=O)c3ccccc3C2=O)COc2ccccc21. The molecule has 0 N–H and O–H groups in total. The molecule has 0 radical (unpaired) electrons. The lowest BCUT2D eigenvalue weighted by Gasteiger charge is -2.25. The summed E-state index contributed by atoms with van der Waals surface area (Å²) < 4.78 is 5.70. The zero-order valence-electron chi connectivity index (χ0n) is 12.9. The summed E-state index contributed by atoms with van der Waals surface area (Å²) in [6.07, 6.45) is 0. The van der Waals surface area contributed by atoms with E-state index in [2.05, 4.69) is 0 Å². The Labute approximate surface area is 138 Å². The van der Waals surface area contributed by atoms with Crippen molar-refractivity contribution in [2.45, 2.75) is 6.04 Å². The van der Waals surface area contributed by atoms with Crippen molar-refractivity contribution in [1.82, 2.24) is 4.90 Å². The number of amides is 3. The van der Waals surface area contributed by atoms with Crippen LogP contribution in [-0.4, -0.2) is 42.3 Å². The van der Waals surface area contributed by atoms with Crippen LogP contribution in [0.1, 0.15) is 20.7 Å². The Morgan fingerprint density at radius 3 is 2.17 bits per heavy atom. The van der Waals surface area contributed by atoms with Gasteiger partial charge in [0.2, 0.25) is 0 Å². The van der Waals surface area contributed by atoms with Gasteiger partial charge in [-0.1, -0.05) is 24.3 Å². The molecule has 2 aromatic rings. The fourth-order valence-corrected chi connectivity index (χ4v) is 3.11. The highest BCUT2D eigenvalue weighted by Gasteiger charge is 2.45. The van der Waals surface area contributed by atoms with E-state index in [1.807, 2.05) is 0 Å². The third-order valence-electron chi connectivity index (χ3n) is 4.38. The lowest BCUT2D eigenvalue weighted by molar-refractivity contribution is -0.122. The summed E-state index contributed by atoms with van der Waals surface area (Å²) in [4.78, 5) is 40.5. The van der Waals surface area contributed by atoms with Gasteiger partial charge in [-0.25, -0.2) is 0 Å². The van der Waals surface area contributed by atoms with Gasteiger partial charge in [0, 0.05) is 7.05 Å². The molecular weight excluding hydrogens is 308 g/mol. The molecule has 0 bridgehead atoms. The van der Waals surface area contributed by atoms with Crippen LogP contribution in [0.5, 0.6) is 5.75 Å². The smallest absolute Gasteiger partial charge is 0.262 e. The summed E-state index contributed by atoms with van der Waals surface area (Å²) >= 11 is 0. The molecule has 6 nitrogen and oxygen atoms in total. The molecule has 4 rings (SSSR count). The van der Waals surface area contributed by atoms with Crippen LogP contribution < -0.4 is 9.64 Å². The standard InChI is InChI=1S/C18H14N2O4/c1-19-13-8-4-5-9-15(13)24-10-14(18(19)23)20-16(21)11-6-2-3-7-12(11)17(20)22/h2-9,14H,10H2,1H3/t14-/m0/s1. The van der Waals surface area contributed by atoms with Crippen LogP contribution in [0, 0.1) is 0 Å². The number of nitrogens with zero attached hydrogens (tertiary/aromatic N) is 2. The summed E-state index contributed by atoms with van der Waals surface area (Å²) in [5.41, 5.74) is 1.25. The molecule has 6 heteroatoms. The topological polar surface area (TPSA) is 66.9 Å². The van der Waals surface area contributed by atoms with Crippen molar-refractivity contribution in [3.05, 3.63) is 59.7 Å². The van der Waals surface area contributed by atoms with Gasteiger partial charge >= 0.3 is 0 Å². The van der Waals surface area contributed by atoms with Crippen molar-refractivity contribution >= 4 is 23.4 Å². The van der Waals surface area contributed by atoms with Gasteiger partial charge in [-0.05, 0) is 24.3 Å². The maximum Gasteiger partial charge on any atom is 0.262 e. The molecule has 0 aromatic heterocycles. The van der Waals surface area contributed by atoms with Crippen molar-refractivity contribution in [3.8, 4) is 5.75 Å². The second-order valence-electron chi connectivity index (χ2n) is 5.72. The Morgan fingerprint density at radius 1 is 0.917 bits per heavy atom. The van der Waals surface area contributed by atoms with Gasteiger partial charge < -0.3 is 9.64 Å². The maximum atomic E-state index is 12.8. The number of likely N-dealkylation sites (N-methyl/N-ethyl adjacent to an activating group) is 1. The fourth-order valence-electron chi connectivity index (χ4n) is 3.11. The molecule has 1 atom stereocenters. The predicted molar refractivity (Wildman–Crippen MR) is 86.1 cm³/mol. The number of rotatable bonds is 1. The average molecular weight is 322 g/mol. The van der Waals surface area contributed by atoms with Crippen LogP contribution in [0.25, 0.3) is 0 Å². The number of imide groups is 1. The molecule has 2 heterocycles. The maximum absolute atomic E-state index is 12.8. The Bertz CT molecular complexity index is 842.